The van der Waals surface area contributed by atoms with Crippen LogP contribution >= 0.6 is 11.3 Å². The van der Waals surface area contributed by atoms with Crippen LogP contribution in [0, 0.1) is 39.0 Å². The van der Waals surface area contributed by atoms with E-state index in [-0.39, 0.29) is 35.9 Å². The fraction of sp³-hybridized carbons (Fsp3) is 0.271. The van der Waals surface area contributed by atoms with Crippen molar-refractivity contribution in [3.05, 3.63) is 134 Å². The first kappa shape index (κ1) is 42.9. The highest BCUT2D eigenvalue weighted by atomic mass is 32.2. The van der Waals surface area contributed by atoms with Gasteiger partial charge in [0, 0.05) is 39.7 Å². The van der Waals surface area contributed by atoms with Crippen molar-refractivity contribution in [2.24, 2.45) is 10.1 Å². The van der Waals surface area contributed by atoms with Crippen LogP contribution in [0.5, 0.6) is 0 Å². The Labute approximate surface area is 371 Å². The molecule has 2 aliphatic heterocycles. The normalized spacial score (nSPS) is 16.0. The van der Waals surface area contributed by atoms with Gasteiger partial charge in [0.1, 0.15) is 34.7 Å². The molecule has 2 aromatic heterocycles. The van der Waals surface area contributed by atoms with Gasteiger partial charge in [0.05, 0.1) is 33.8 Å². The number of nitrogens with one attached hydrogen (secondary N) is 4. The van der Waals surface area contributed by atoms with E-state index in [4.69, 9.17) is 9.73 Å². The van der Waals surface area contributed by atoms with Crippen molar-refractivity contribution >= 4 is 66.4 Å². The summed E-state index contributed by atoms with van der Waals surface area (Å²) in [6, 6.07) is 25.3. The zero-order chi connectivity index (χ0) is 45.0. The number of thiophene rings is 1. The molecular weight excluding hydrogens is 833 g/mol. The van der Waals surface area contributed by atoms with E-state index in [9.17, 15) is 23.3 Å². The summed E-state index contributed by atoms with van der Waals surface area (Å²) in [5.41, 5.74) is 12.6. The third-order valence-electron chi connectivity index (χ3n) is 11.3. The highest BCUT2D eigenvalue weighted by molar-refractivity contribution is 7.92. The maximum absolute atomic E-state index is 13.4. The lowest BCUT2D eigenvalue weighted by molar-refractivity contribution is -0.155. The topological polar surface area (TPSA) is 181 Å². The lowest BCUT2D eigenvalue weighted by Crippen LogP contribution is -2.47. The van der Waals surface area contributed by atoms with Crippen LogP contribution in [-0.2, 0) is 26.1 Å². The largest absolute Gasteiger partial charge is 0.460 e. The molecule has 2 aliphatic rings. The molecule has 0 radical (unpaired) electrons. The number of anilines is 2. The molecule has 0 saturated carbocycles. The minimum Gasteiger partial charge on any atom is -0.460 e. The number of carbonyl (C=O) groups is 2. The minimum absolute atomic E-state index is 0.0616. The number of hydrogen-bond donors (Lipinski definition) is 4. The van der Waals surface area contributed by atoms with Crippen LogP contribution in [0.25, 0.3) is 22.0 Å². The lowest BCUT2D eigenvalue weighted by Gasteiger charge is -2.28. The molecule has 0 aliphatic carbocycles. The molecule has 0 fully saturated rings. The number of hydrogen-bond acceptors (Lipinski definition) is 11. The molecule has 1 unspecified atom stereocenters. The first-order chi connectivity index (χ1) is 29.9. The number of carbonyl (C=O) groups excluding carboxylic acids is 2. The van der Waals surface area contributed by atoms with Crippen molar-refractivity contribution < 1.29 is 22.7 Å². The molecule has 13 nitrogen and oxygen atoms in total. The van der Waals surface area contributed by atoms with Gasteiger partial charge >= 0.3 is 5.97 Å². The quantitative estimate of drug-likeness (QED) is 0.0986. The Morgan fingerprint density at radius 3 is 2.30 bits per heavy atom. The summed E-state index contributed by atoms with van der Waals surface area (Å²) in [6.07, 6.45) is 1.29. The predicted octanol–water partition coefficient (Wildman–Crippen LogP) is 8.75. The van der Waals surface area contributed by atoms with Crippen molar-refractivity contribution in [2.75, 3.05) is 9.62 Å². The number of aromatic nitrogens is 1. The average Bonchev–Trinajstić information content (AvgIpc) is 3.91. The second-order valence-electron chi connectivity index (χ2n) is 16.9. The number of esters is 1. The fourth-order valence-corrected chi connectivity index (χ4v) is 10.4. The molecule has 0 spiro atoms. The third-order valence-corrected chi connectivity index (χ3v) is 13.9. The number of aliphatic imine (C=N–C) groups is 1. The summed E-state index contributed by atoms with van der Waals surface area (Å²) >= 11 is 1.69. The summed E-state index contributed by atoms with van der Waals surface area (Å²) < 4.78 is 35.0. The van der Waals surface area contributed by atoms with Crippen LogP contribution in [0.3, 0.4) is 0 Å². The number of fused-ring (bicyclic) bond motifs is 4. The Balaban J connectivity index is 0.965. The van der Waals surface area contributed by atoms with E-state index < -0.39 is 21.7 Å². The molecule has 6 aromatic rings. The lowest BCUT2D eigenvalue weighted by atomic mass is 9.95. The van der Waals surface area contributed by atoms with Gasteiger partial charge in [-0.3, -0.25) is 29.6 Å². The molecule has 15 heteroatoms. The summed E-state index contributed by atoms with van der Waals surface area (Å²) in [5.74, 6) is 0.232. The summed E-state index contributed by atoms with van der Waals surface area (Å²) in [6.45, 7) is 15.7. The van der Waals surface area contributed by atoms with Gasteiger partial charge in [0.2, 0.25) is 0 Å². The molecule has 322 valence electrons. The SMILES string of the molecule is CC1=NNC2[C@H](CC(=O)OC(C)(C)C)N=C(c3ccc(-c4ccc(C(=O)NCc5ccc(S(=O)(=O)Nc6ccc(C)c7c(C#N)c[nH]c67)cc5)c(C)c4)cc3)c3c(sc(C)c3C)N12. The highest BCUT2D eigenvalue weighted by Crippen LogP contribution is 2.42. The monoisotopic (exact) mass is 880 g/mol. The van der Waals surface area contributed by atoms with Gasteiger partial charge in [-0.05, 0) is 113 Å². The van der Waals surface area contributed by atoms with Crippen molar-refractivity contribution in [2.45, 2.75) is 91.1 Å². The first-order valence-corrected chi connectivity index (χ1v) is 22.8. The fourth-order valence-electron chi connectivity index (χ4n) is 8.07. The van der Waals surface area contributed by atoms with Crippen molar-refractivity contribution in [3.8, 4) is 17.2 Å². The molecule has 2 atom stereocenters. The van der Waals surface area contributed by atoms with E-state index in [1.165, 1.54) is 17.0 Å². The first-order valence-electron chi connectivity index (χ1n) is 20.5. The van der Waals surface area contributed by atoms with E-state index in [0.717, 1.165) is 61.1 Å². The number of H-pyrrole nitrogens is 1. The highest BCUT2D eigenvalue weighted by Gasteiger charge is 2.41. The number of aromatic amines is 1. The third kappa shape index (κ3) is 8.44. The van der Waals surface area contributed by atoms with Crippen molar-refractivity contribution in [3.63, 3.8) is 0 Å². The molecule has 0 bridgehead atoms. The Hall–Kier alpha value is -6.76. The van der Waals surface area contributed by atoms with Crippen LogP contribution in [0.2, 0.25) is 0 Å². The van der Waals surface area contributed by atoms with Gasteiger partial charge in [-0.25, -0.2) is 8.42 Å². The minimum atomic E-state index is -3.95. The number of benzene rings is 4. The van der Waals surface area contributed by atoms with Crippen molar-refractivity contribution in [1.82, 2.24) is 15.7 Å². The van der Waals surface area contributed by atoms with E-state index in [2.05, 4.69) is 62.5 Å². The Morgan fingerprint density at radius 2 is 1.62 bits per heavy atom. The Bertz CT molecular complexity index is 3020. The molecule has 63 heavy (non-hydrogen) atoms. The number of hydrazone groups is 1. The van der Waals surface area contributed by atoms with Gasteiger partial charge in [-0.15, -0.1) is 11.3 Å². The number of ether oxygens (including phenoxy) is 1. The van der Waals surface area contributed by atoms with Crippen LogP contribution in [0.1, 0.15) is 88.3 Å². The molecule has 4 heterocycles. The predicted molar refractivity (Wildman–Crippen MR) is 249 cm³/mol. The van der Waals surface area contributed by atoms with Crippen LogP contribution < -0.4 is 20.4 Å². The molecule has 8 rings (SSSR count). The number of nitrogens with zero attached hydrogens (tertiary/aromatic N) is 4. The molecule has 1 amide bonds. The van der Waals surface area contributed by atoms with E-state index in [0.29, 0.717) is 27.7 Å². The van der Waals surface area contributed by atoms with Crippen LogP contribution in [-0.4, -0.2) is 54.6 Å². The number of amidine groups is 1. The molecular formula is C48H48N8O5S2. The second-order valence-corrected chi connectivity index (χ2v) is 19.8. The smallest absolute Gasteiger partial charge is 0.308 e. The zero-order valence-corrected chi connectivity index (χ0v) is 37.9. The maximum Gasteiger partial charge on any atom is 0.308 e. The van der Waals surface area contributed by atoms with E-state index in [1.54, 1.807) is 41.8 Å². The van der Waals surface area contributed by atoms with Gasteiger partial charge in [-0.2, -0.15) is 10.4 Å². The Morgan fingerprint density at radius 1 is 0.921 bits per heavy atom. The van der Waals surface area contributed by atoms with Crippen LogP contribution in [0.15, 0.2) is 100 Å². The number of rotatable bonds is 10. The zero-order valence-electron chi connectivity index (χ0n) is 36.3. The van der Waals surface area contributed by atoms with Gasteiger partial charge in [0.15, 0.2) is 0 Å². The molecule has 4 aromatic carbocycles. The summed E-state index contributed by atoms with van der Waals surface area (Å²) in [4.78, 5) is 38.3. The van der Waals surface area contributed by atoms with E-state index >= 15 is 0 Å². The number of nitriles is 1. The Kier molecular flexibility index (Phi) is 11.2. The summed E-state index contributed by atoms with van der Waals surface area (Å²) in [7, 11) is -3.95. The molecule has 4 N–H and O–H groups in total. The van der Waals surface area contributed by atoms with Gasteiger partial charge < -0.3 is 15.0 Å². The standard InChI is InChI=1S/C48H48N8O5S2/c1-26-9-20-38(44-41(26)35(23-49)25-50-44)55-63(59,60)36-17-10-31(11-18-36)24-51-46(58)37-19-16-34(21-27(37)2)32-12-14-33(15-13-32)43-42-28(3)29(4)62-47(42)56-30(5)53-54-45(56)39(52-43)22-40(57)61-48(6,7)8/h9-21,25,39,45,50,54-55H,22,24H2,1-8H3,(H,51,58)/t39-,45?/m0/s1. The van der Waals surface area contributed by atoms with Crippen molar-refractivity contribution in [1.29, 1.82) is 5.26 Å². The maximum atomic E-state index is 13.4. The summed E-state index contributed by atoms with van der Waals surface area (Å²) in [5, 5.41) is 18.7. The average molecular weight is 881 g/mol. The number of aryl methyl sites for hydroxylation is 3. The van der Waals surface area contributed by atoms with Crippen LogP contribution in [0.4, 0.5) is 10.7 Å². The second kappa shape index (κ2) is 16.5. The van der Waals surface area contributed by atoms with Gasteiger partial charge in [-0.1, -0.05) is 54.6 Å². The number of sulfonamides is 1. The van der Waals surface area contributed by atoms with Gasteiger partial charge in [0.25, 0.3) is 15.9 Å². The molecule has 0 saturated heterocycles. The number of amides is 1. The van der Waals surface area contributed by atoms with E-state index in [1.807, 2.05) is 71.9 Å².